The number of furan rings is 1. The van der Waals surface area contributed by atoms with Crippen LogP contribution >= 0.6 is 11.6 Å². The van der Waals surface area contributed by atoms with Gasteiger partial charge in [-0.15, -0.1) is 0 Å². The molecule has 0 saturated carbocycles. The number of primary amides is 1. The predicted molar refractivity (Wildman–Crippen MR) is 99.6 cm³/mol. The molecule has 2 amide bonds. The van der Waals surface area contributed by atoms with E-state index in [0.29, 0.717) is 5.56 Å². The number of Topliss-reactive ketones (excluding diaryl/α,β-unsaturated/α-hetero) is 1. The van der Waals surface area contributed by atoms with E-state index in [0.717, 1.165) is 5.56 Å². The lowest BCUT2D eigenvalue weighted by Crippen LogP contribution is -2.47. The summed E-state index contributed by atoms with van der Waals surface area (Å²) in [4.78, 5) is 40.6. The third-order valence-electron chi connectivity index (χ3n) is 3.96. The summed E-state index contributed by atoms with van der Waals surface area (Å²) in [6.07, 6.45) is 1.43. The Hall–Kier alpha value is -3.39. The minimum atomic E-state index is -1.16. The van der Waals surface area contributed by atoms with Crippen LogP contribution in [0.3, 0.4) is 0 Å². The Morgan fingerprint density at radius 2 is 1.93 bits per heavy atom. The summed E-state index contributed by atoms with van der Waals surface area (Å²) in [6, 6.07) is 9.28. The molecule has 0 aliphatic carbocycles. The Bertz CT molecular complexity index is 1030. The molecule has 1 unspecified atom stereocenters. The zero-order valence-corrected chi connectivity index (χ0v) is 15.5. The maximum atomic E-state index is 12.8. The molecule has 3 N–H and O–H groups in total. The van der Waals surface area contributed by atoms with E-state index < -0.39 is 23.6 Å². The van der Waals surface area contributed by atoms with Gasteiger partial charge in [0.15, 0.2) is 5.89 Å². The van der Waals surface area contributed by atoms with Crippen LogP contribution in [0.2, 0.25) is 5.22 Å². The van der Waals surface area contributed by atoms with Crippen molar-refractivity contribution in [2.75, 3.05) is 0 Å². The third kappa shape index (κ3) is 4.12. The first-order valence-electron chi connectivity index (χ1n) is 8.26. The highest BCUT2D eigenvalue weighted by Gasteiger charge is 2.29. The molecule has 144 valence electrons. The number of carbonyl (C=O) groups is 3. The number of rotatable bonds is 7. The normalized spacial score (nSPS) is 11.8. The number of halogens is 1. The van der Waals surface area contributed by atoms with E-state index in [1.54, 1.807) is 31.2 Å². The standard InChI is InChI=1S/C19H16ClN3O5/c1-10-22-14(12-7-8-27-17(12)20)16(28-10)19(26)23-13(15(24)18(21)25)9-11-5-3-2-4-6-11/h2-8,13H,9H2,1H3,(H2,21,25)(H,23,26). The van der Waals surface area contributed by atoms with E-state index in [1.807, 2.05) is 6.07 Å². The van der Waals surface area contributed by atoms with Crippen LogP contribution in [-0.2, 0) is 16.0 Å². The summed E-state index contributed by atoms with van der Waals surface area (Å²) >= 11 is 5.97. The summed E-state index contributed by atoms with van der Waals surface area (Å²) in [5.74, 6) is -2.73. The first kappa shape index (κ1) is 19.4. The van der Waals surface area contributed by atoms with E-state index in [2.05, 4.69) is 10.3 Å². The number of nitrogens with two attached hydrogens (primary N) is 1. The Morgan fingerprint density at radius 3 is 2.54 bits per heavy atom. The fourth-order valence-electron chi connectivity index (χ4n) is 2.68. The number of carbonyl (C=O) groups excluding carboxylic acids is 3. The van der Waals surface area contributed by atoms with Crippen LogP contribution in [0.25, 0.3) is 11.3 Å². The number of hydrogen-bond acceptors (Lipinski definition) is 6. The summed E-state index contributed by atoms with van der Waals surface area (Å²) in [5, 5.41) is 2.54. The van der Waals surface area contributed by atoms with Gasteiger partial charge in [-0.2, -0.15) is 0 Å². The van der Waals surface area contributed by atoms with Gasteiger partial charge in [0.25, 0.3) is 11.8 Å². The largest absolute Gasteiger partial charge is 0.452 e. The van der Waals surface area contributed by atoms with Crippen molar-refractivity contribution in [3.05, 3.63) is 65.1 Å². The number of aryl methyl sites for hydroxylation is 1. The first-order chi connectivity index (χ1) is 13.4. The number of hydrogen-bond donors (Lipinski definition) is 2. The van der Waals surface area contributed by atoms with Crippen molar-refractivity contribution in [2.45, 2.75) is 19.4 Å². The second kappa shape index (κ2) is 8.10. The molecule has 8 nitrogen and oxygen atoms in total. The highest BCUT2D eigenvalue weighted by atomic mass is 35.5. The summed E-state index contributed by atoms with van der Waals surface area (Å²) in [5.41, 5.74) is 6.41. The van der Waals surface area contributed by atoms with Crippen LogP contribution < -0.4 is 11.1 Å². The first-order valence-corrected chi connectivity index (χ1v) is 8.64. The number of amides is 2. The quantitative estimate of drug-likeness (QED) is 0.584. The van der Waals surface area contributed by atoms with Crippen molar-refractivity contribution in [2.24, 2.45) is 5.73 Å². The van der Waals surface area contributed by atoms with Crippen LogP contribution in [-0.4, -0.2) is 28.6 Å². The van der Waals surface area contributed by atoms with E-state index >= 15 is 0 Å². The SMILES string of the molecule is Cc1nc(-c2ccoc2Cl)c(C(=O)NC(Cc2ccccc2)C(=O)C(N)=O)o1. The third-order valence-corrected chi connectivity index (χ3v) is 4.25. The highest BCUT2D eigenvalue weighted by molar-refractivity contribution is 6.38. The molecule has 1 atom stereocenters. The molecule has 1 aromatic carbocycles. The Kier molecular flexibility index (Phi) is 5.60. The predicted octanol–water partition coefficient (Wildman–Crippen LogP) is 2.29. The van der Waals surface area contributed by atoms with Crippen LogP contribution in [0.15, 0.2) is 51.5 Å². The molecule has 0 aliphatic rings. The van der Waals surface area contributed by atoms with E-state index in [9.17, 15) is 14.4 Å². The summed E-state index contributed by atoms with van der Waals surface area (Å²) in [7, 11) is 0. The van der Waals surface area contributed by atoms with E-state index in [-0.39, 0.29) is 29.0 Å². The molecular formula is C19H16ClN3O5. The van der Waals surface area contributed by atoms with Crippen molar-refractivity contribution >= 4 is 29.2 Å². The fourth-order valence-corrected chi connectivity index (χ4v) is 2.88. The van der Waals surface area contributed by atoms with Gasteiger partial charge in [0.05, 0.1) is 11.8 Å². The zero-order valence-electron chi connectivity index (χ0n) is 14.8. The lowest BCUT2D eigenvalue weighted by atomic mass is 10.0. The number of aromatic nitrogens is 1. The molecule has 0 fully saturated rings. The molecule has 3 rings (SSSR count). The van der Waals surface area contributed by atoms with E-state index in [1.165, 1.54) is 12.3 Å². The van der Waals surface area contributed by atoms with Crippen LogP contribution in [0.5, 0.6) is 0 Å². The Morgan fingerprint density at radius 1 is 1.21 bits per heavy atom. The van der Waals surface area contributed by atoms with Gasteiger partial charge in [-0.3, -0.25) is 14.4 Å². The molecule has 0 saturated heterocycles. The molecule has 0 spiro atoms. The molecule has 0 radical (unpaired) electrons. The molecule has 0 aliphatic heterocycles. The Labute approximate surface area is 164 Å². The lowest BCUT2D eigenvalue weighted by molar-refractivity contribution is -0.137. The number of benzene rings is 1. The molecule has 3 aromatic rings. The van der Waals surface area contributed by atoms with Crippen molar-refractivity contribution in [3.63, 3.8) is 0 Å². The second-order valence-electron chi connectivity index (χ2n) is 5.96. The van der Waals surface area contributed by atoms with Crippen molar-refractivity contribution in [3.8, 4) is 11.3 Å². The van der Waals surface area contributed by atoms with Gasteiger partial charge in [0.2, 0.25) is 16.8 Å². The molecule has 28 heavy (non-hydrogen) atoms. The van der Waals surface area contributed by atoms with Gasteiger partial charge in [-0.25, -0.2) is 4.98 Å². The molecular weight excluding hydrogens is 386 g/mol. The molecule has 9 heteroatoms. The minimum absolute atomic E-state index is 0.0383. The average Bonchev–Trinajstić information content (AvgIpc) is 3.26. The average molecular weight is 402 g/mol. The fraction of sp³-hybridized carbons (Fsp3) is 0.158. The molecule has 2 aromatic heterocycles. The second-order valence-corrected chi connectivity index (χ2v) is 6.31. The minimum Gasteiger partial charge on any atom is -0.452 e. The maximum absolute atomic E-state index is 12.8. The van der Waals surface area contributed by atoms with Gasteiger partial charge >= 0.3 is 0 Å². The monoisotopic (exact) mass is 401 g/mol. The van der Waals surface area contributed by atoms with Crippen LogP contribution in [0.4, 0.5) is 0 Å². The van der Waals surface area contributed by atoms with Gasteiger partial charge < -0.3 is 19.9 Å². The molecule has 2 heterocycles. The smallest absolute Gasteiger partial charge is 0.290 e. The lowest BCUT2D eigenvalue weighted by Gasteiger charge is -2.15. The van der Waals surface area contributed by atoms with E-state index in [4.69, 9.17) is 26.2 Å². The van der Waals surface area contributed by atoms with Gasteiger partial charge in [-0.1, -0.05) is 30.3 Å². The Balaban J connectivity index is 1.89. The number of ketones is 1. The molecule has 0 bridgehead atoms. The number of nitrogens with zero attached hydrogens (tertiary/aromatic N) is 1. The zero-order chi connectivity index (χ0) is 20.3. The van der Waals surface area contributed by atoms with Crippen LogP contribution in [0.1, 0.15) is 22.0 Å². The number of nitrogens with one attached hydrogen (secondary N) is 1. The topological polar surface area (TPSA) is 128 Å². The van der Waals surface area contributed by atoms with Crippen molar-refractivity contribution in [1.29, 1.82) is 0 Å². The van der Waals surface area contributed by atoms with Gasteiger partial charge in [-0.05, 0) is 23.2 Å². The summed E-state index contributed by atoms with van der Waals surface area (Å²) in [6.45, 7) is 1.56. The maximum Gasteiger partial charge on any atom is 0.290 e. The highest BCUT2D eigenvalue weighted by Crippen LogP contribution is 2.31. The number of oxazole rings is 1. The van der Waals surface area contributed by atoms with Crippen LogP contribution in [0, 0.1) is 6.92 Å². The van der Waals surface area contributed by atoms with Crippen molar-refractivity contribution < 1.29 is 23.2 Å². The summed E-state index contributed by atoms with van der Waals surface area (Å²) < 4.78 is 10.4. The van der Waals surface area contributed by atoms with Crippen molar-refractivity contribution in [1.82, 2.24) is 10.3 Å². The van der Waals surface area contributed by atoms with Gasteiger partial charge in [0, 0.05) is 13.3 Å². The van der Waals surface area contributed by atoms with Gasteiger partial charge in [0.1, 0.15) is 11.7 Å².